The van der Waals surface area contributed by atoms with Crippen LogP contribution in [0.25, 0.3) is 11.0 Å². The van der Waals surface area contributed by atoms with Crippen molar-refractivity contribution in [1.29, 1.82) is 0 Å². The normalized spacial score (nSPS) is 11.8. The quantitative estimate of drug-likeness (QED) is 0.686. The molecule has 3 rings (SSSR count). The number of imidazole rings is 1. The van der Waals surface area contributed by atoms with Crippen molar-refractivity contribution in [3.63, 3.8) is 0 Å². The van der Waals surface area contributed by atoms with Gasteiger partial charge in [0.1, 0.15) is 5.82 Å². The largest absolute Gasteiger partial charge is 0.323 e. The summed E-state index contributed by atoms with van der Waals surface area (Å²) in [6.07, 6.45) is 0. The van der Waals surface area contributed by atoms with E-state index in [2.05, 4.69) is 14.7 Å². The minimum absolute atomic E-state index is 0.0150. The molecule has 0 aliphatic heterocycles. The Morgan fingerprint density at radius 3 is 2.30 bits per heavy atom. The van der Waals surface area contributed by atoms with Crippen molar-refractivity contribution in [3.05, 3.63) is 57.8 Å². The maximum Gasteiger partial charge on any atom is 0.323 e. The average Bonchev–Trinajstić information content (AvgIpc) is 2.80. The lowest BCUT2D eigenvalue weighted by Gasteiger charge is -2.11. The third kappa shape index (κ3) is 2.85. The molecule has 3 aromatic rings. The molecule has 1 aromatic heterocycles. The van der Waals surface area contributed by atoms with Crippen LogP contribution in [0, 0.1) is 19.7 Å². The molecule has 0 aliphatic carbocycles. The first-order chi connectivity index (χ1) is 10.8. The van der Waals surface area contributed by atoms with Gasteiger partial charge in [-0.05, 0) is 49.2 Å². The molecule has 0 unspecified atom stereocenters. The van der Waals surface area contributed by atoms with Crippen molar-refractivity contribution in [2.75, 3.05) is 4.72 Å². The molecule has 0 saturated heterocycles. The van der Waals surface area contributed by atoms with Gasteiger partial charge in [0.05, 0.1) is 21.6 Å². The topological polar surface area (TPSA) is 94.8 Å². The number of hydrogen-bond donors (Lipinski definition) is 3. The van der Waals surface area contributed by atoms with Crippen molar-refractivity contribution in [2.45, 2.75) is 18.7 Å². The van der Waals surface area contributed by atoms with E-state index < -0.39 is 21.5 Å². The summed E-state index contributed by atoms with van der Waals surface area (Å²) in [4.78, 5) is 16.4. The first kappa shape index (κ1) is 15.3. The highest BCUT2D eigenvalue weighted by Gasteiger charge is 2.19. The number of halogens is 1. The highest BCUT2D eigenvalue weighted by atomic mass is 32.2. The Kier molecular flexibility index (Phi) is 3.48. The second kappa shape index (κ2) is 5.24. The van der Waals surface area contributed by atoms with Gasteiger partial charge in [0, 0.05) is 0 Å². The molecule has 0 aliphatic rings. The molecule has 0 fully saturated rings. The van der Waals surface area contributed by atoms with Crippen LogP contribution in [0.3, 0.4) is 0 Å². The Bertz CT molecular complexity index is 1070. The fourth-order valence-corrected chi connectivity index (χ4v) is 3.63. The number of aromatic nitrogens is 2. The van der Waals surface area contributed by atoms with Crippen LogP contribution >= 0.6 is 0 Å². The van der Waals surface area contributed by atoms with E-state index in [1.54, 1.807) is 19.9 Å². The Balaban J connectivity index is 2.06. The van der Waals surface area contributed by atoms with Gasteiger partial charge in [0.25, 0.3) is 10.0 Å². The molecule has 8 heteroatoms. The molecule has 0 amide bonds. The zero-order chi connectivity index (χ0) is 16.8. The molecule has 23 heavy (non-hydrogen) atoms. The molecule has 0 saturated carbocycles. The lowest BCUT2D eigenvalue weighted by Crippen LogP contribution is -2.14. The summed E-state index contributed by atoms with van der Waals surface area (Å²) in [5, 5.41) is 0. The SMILES string of the molecule is Cc1ccc(NS(=O)(=O)c2cc3[nH]c(=O)[nH]c3cc2C)cc1F. The summed E-state index contributed by atoms with van der Waals surface area (Å²) in [6, 6.07) is 7.04. The molecule has 0 bridgehead atoms. The average molecular weight is 335 g/mol. The van der Waals surface area contributed by atoms with Crippen LogP contribution < -0.4 is 10.4 Å². The van der Waals surface area contributed by atoms with Gasteiger partial charge in [-0.25, -0.2) is 17.6 Å². The maximum absolute atomic E-state index is 13.6. The maximum atomic E-state index is 13.6. The van der Waals surface area contributed by atoms with Crippen LogP contribution in [0.1, 0.15) is 11.1 Å². The van der Waals surface area contributed by atoms with Crippen molar-refractivity contribution < 1.29 is 12.8 Å². The molecular formula is C15H14FN3O3S. The summed E-state index contributed by atoms with van der Waals surface area (Å²) in [7, 11) is -3.91. The van der Waals surface area contributed by atoms with Crippen molar-refractivity contribution >= 4 is 26.7 Å². The van der Waals surface area contributed by atoms with E-state index in [-0.39, 0.29) is 10.6 Å². The minimum Gasteiger partial charge on any atom is -0.306 e. The van der Waals surface area contributed by atoms with Crippen LogP contribution in [-0.2, 0) is 10.0 Å². The van der Waals surface area contributed by atoms with Crippen LogP contribution in [0.2, 0.25) is 0 Å². The van der Waals surface area contributed by atoms with E-state index in [1.807, 2.05) is 0 Å². The molecular weight excluding hydrogens is 321 g/mol. The van der Waals surface area contributed by atoms with Gasteiger partial charge in [0.2, 0.25) is 0 Å². The first-order valence-electron chi connectivity index (χ1n) is 6.78. The number of benzene rings is 2. The number of fused-ring (bicyclic) bond motifs is 1. The van der Waals surface area contributed by atoms with Gasteiger partial charge >= 0.3 is 5.69 Å². The van der Waals surface area contributed by atoms with Gasteiger partial charge in [0.15, 0.2) is 0 Å². The Labute approximate surface area is 131 Å². The fourth-order valence-electron chi connectivity index (χ4n) is 2.33. The van der Waals surface area contributed by atoms with Gasteiger partial charge in [-0.2, -0.15) is 0 Å². The molecule has 120 valence electrons. The van der Waals surface area contributed by atoms with E-state index in [4.69, 9.17) is 0 Å². The van der Waals surface area contributed by atoms with E-state index in [0.29, 0.717) is 22.2 Å². The zero-order valence-corrected chi connectivity index (χ0v) is 13.2. The van der Waals surface area contributed by atoms with Crippen LogP contribution in [0.15, 0.2) is 40.0 Å². The predicted molar refractivity (Wildman–Crippen MR) is 85.6 cm³/mol. The molecule has 6 nitrogen and oxygen atoms in total. The first-order valence-corrected chi connectivity index (χ1v) is 8.26. The summed E-state index contributed by atoms with van der Waals surface area (Å²) < 4.78 is 41.0. The third-order valence-electron chi connectivity index (χ3n) is 3.53. The molecule has 2 aromatic carbocycles. The van der Waals surface area contributed by atoms with Crippen LogP contribution in [-0.4, -0.2) is 18.4 Å². The summed E-state index contributed by atoms with van der Waals surface area (Å²) in [5.41, 5.74) is 1.52. The smallest absolute Gasteiger partial charge is 0.306 e. The van der Waals surface area contributed by atoms with Crippen molar-refractivity contribution in [2.24, 2.45) is 0 Å². The number of rotatable bonds is 3. The number of hydrogen-bond acceptors (Lipinski definition) is 3. The number of aromatic amines is 2. The third-order valence-corrected chi connectivity index (χ3v) is 5.05. The van der Waals surface area contributed by atoms with Gasteiger partial charge in [-0.3, -0.25) is 4.72 Å². The second-order valence-corrected chi connectivity index (χ2v) is 6.96. The van der Waals surface area contributed by atoms with E-state index >= 15 is 0 Å². The minimum atomic E-state index is -3.91. The molecule has 0 spiro atoms. The number of sulfonamides is 1. The predicted octanol–water partition coefficient (Wildman–Crippen LogP) is 2.41. The van der Waals surface area contributed by atoms with Crippen molar-refractivity contribution in [1.82, 2.24) is 9.97 Å². The van der Waals surface area contributed by atoms with Crippen molar-refractivity contribution in [3.8, 4) is 0 Å². The van der Waals surface area contributed by atoms with E-state index in [0.717, 1.165) is 6.07 Å². The van der Waals surface area contributed by atoms with Gasteiger partial charge in [-0.15, -0.1) is 0 Å². The number of aryl methyl sites for hydroxylation is 2. The summed E-state index contributed by atoms with van der Waals surface area (Å²) in [5.74, 6) is -0.493. The Morgan fingerprint density at radius 1 is 1.00 bits per heavy atom. The summed E-state index contributed by atoms with van der Waals surface area (Å²) in [6.45, 7) is 3.21. The lowest BCUT2D eigenvalue weighted by molar-refractivity contribution is 0.600. The molecule has 0 radical (unpaired) electrons. The van der Waals surface area contributed by atoms with E-state index in [9.17, 15) is 17.6 Å². The second-order valence-electron chi connectivity index (χ2n) is 5.31. The Morgan fingerprint density at radius 2 is 1.65 bits per heavy atom. The molecule has 1 heterocycles. The fraction of sp³-hybridized carbons (Fsp3) is 0.133. The molecule has 0 atom stereocenters. The van der Waals surface area contributed by atoms with Gasteiger partial charge in [-0.1, -0.05) is 6.07 Å². The zero-order valence-electron chi connectivity index (χ0n) is 12.4. The summed E-state index contributed by atoms with van der Waals surface area (Å²) >= 11 is 0. The highest BCUT2D eigenvalue weighted by molar-refractivity contribution is 7.92. The molecule has 3 N–H and O–H groups in total. The number of H-pyrrole nitrogens is 2. The lowest BCUT2D eigenvalue weighted by atomic mass is 10.2. The Hall–Kier alpha value is -2.61. The highest BCUT2D eigenvalue weighted by Crippen LogP contribution is 2.23. The van der Waals surface area contributed by atoms with Crippen LogP contribution in [0.5, 0.6) is 0 Å². The number of anilines is 1. The monoisotopic (exact) mass is 335 g/mol. The van der Waals surface area contributed by atoms with E-state index in [1.165, 1.54) is 18.2 Å². The van der Waals surface area contributed by atoms with Crippen LogP contribution in [0.4, 0.5) is 10.1 Å². The van der Waals surface area contributed by atoms with Gasteiger partial charge < -0.3 is 9.97 Å². The number of nitrogens with one attached hydrogen (secondary N) is 3. The standard InChI is InChI=1S/C15H14FN3O3S/c1-8-3-4-10(6-11(8)16)19-23(21,22)14-7-13-12(5-9(14)2)17-15(20)18-13/h3-7,19H,1-2H3,(H2,17,18,20).